The predicted octanol–water partition coefficient (Wildman–Crippen LogP) is 4.78. The van der Waals surface area contributed by atoms with Gasteiger partial charge in [0.05, 0.1) is 11.3 Å². The monoisotopic (exact) mass is 361 g/mol. The maximum absolute atomic E-state index is 13.0. The molecule has 0 fully saturated rings. The minimum absolute atomic E-state index is 0.0939. The lowest BCUT2D eigenvalue weighted by Crippen LogP contribution is -2.18. The number of fused-ring (bicyclic) bond motifs is 1. The second-order valence-corrected chi connectivity index (χ2v) is 6.11. The van der Waals surface area contributed by atoms with Gasteiger partial charge >= 0.3 is 6.18 Å². The van der Waals surface area contributed by atoms with Crippen LogP contribution in [0, 0.1) is 13.8 Å². The van der Waals surface area contributed by atoms with Crippen molar-refractivity contribution in [3.8, 4) is 0 Å². The molecule has 0 aliphatic heterocycles. The van der Waals surface area contributed by atoms with Crippen molar-refractivity contribution in [3.63, 3.8) is 0 Å². The van der Waals surface area contributed by atoms with Crippen LogP contribution in [-0.4, -0.2) is 15.3 Å². The molecular formula is C19H18F3N3O. The fraction of sp³-hybridized carbons (Fsp3) is 0.263. The van der Waals surface area contributed by atoms with Crippen LogP contribution >= 0.6 is 0 Å². The van der Waals surface area contributed by atoms with E-state index in [1.165, 1.54) is 10.5 Å². The molecule has 1 amide bonds. The van der Waals surface area contributed by atoms with Crippen molar-refractivity contribution >= 4 is 17.2 Å². The lowest BCUT2D eigenvalue weighted by Gasteiger charge is -2.13. The van der Waals surface area contributed by atoms with Crippen molar-refractivity contribution in [2.45, 2.75) is 33.4 Å². The second kappa shape index (κ2) is 6.48. The van der Waals surface area contributed by atoms with E-state index in [0.717, 1.165) is 29.8 Å². The predicted molar refractivity (Wildman–Crippen MR) is 93.4 cm³/mol. The number of anilines is 1. The zero-order valence-electron chi connectivity index (χ0n) is 14.6. The first-order chi connectivity index (χ1) is 12.2. The third-order valence-corrected chi connectivity index (χ3v) is 4.31. The molecule has 4 nitrogen and oxygen atoms in total. The maximum atomic E-state index is 13.0. The number of hydrogen-bond donors (Lipinski definition) is 1. The Hall–Kier alpha value is -2.83. The van der Waals surface area contributed by atoms with Gasteiger partial charge in [0, 0.05) is 11.9 Å². The van der Waals surface area contributed by atoms with Gasteiger partial charge in [-0.25, -0.2) is 4.98 Å². The highest BCUT2D eigenvalue weighted by molar-refractivity contribution is 6.05. The van der Waals surface area contributed by atoms with E-state index in [1.807, 2.05) is 32.0 Å². The number of para-hydroxylation sites is 1. The second-order valence-electron chi connectivity index (χ2n) is 6.11. The number of nitrogens with zero attached hydrogens (tertiary/aromatic N) is 2. The van der Waals surface area contributed by atoms with E-state index >= 15 is 0 Å². The number of hydrogen-bond acceptors (Lipinski definition) is 2. The summed E-state index contributed by atoms with van der Waals surface area (Å²) in [7, 11) is 0. The Bertz CT molecular complexity index is 990. The first-order valence-electron chi connectivity index (χ1n) is 8.18. The lowest BCUT2D eigenvalue weighted by atomic mass is 10.1. The van der Waals surface area contributed by atoms with E-state index in [9.17, 15) is 18.0 Å². The first-order valence-corrected chi connectivity index (χ1v) is 8.18. The number of nitrogens with one attached hydrogen (secondary N) is 1. The minimum Gasteiger partial charge on any atom is -0.320 e. The number of aromatic nitrogens is 2. The van der Waals surface area contributed by atoms with Crippen LogP contribution in [0.4, 0.5) is 18.9 Å². The van der Waals surface area contributed by atoms with Gasteiger partial charge in [-0.05, 0) is 43.5 Å². The highest BCUT2D eigenvalue weighted by Gasteiger charge is 2.31. The summed E-state index contributed by atoms with van der Waals surface area (Å²) in [5.41, 5.74) is 2.45. The molecule has 0 saturated heterocycles. The third-order valence-electron chi connectivity index (χ3n) is 4.31. The molecule has 0 spiro atoms. The number of carbonyl (C=O) groups excluding carboxylic acids is 1. The highest BCUT2D eigenvalue weighted by atomic mass is 19.4. The van der Waals surface area contributed by atoms with Gasteiger partial charge in [-0.2, -0.15) is 13.2 Å². The van der Waals surface area contributed by atoms with Gasteiger partial charge in [0.15, 0.2) is 0 Å². The number of aryl methyl sites for hydroxylation is 3. The molecular weight excluding hydrogens is 343 g/mol. The molecule has 136 valence electrons. The van der Waals surface area contributed by atoms with E-state index in [1.54, 1.807) is 6.92 Å². The minimum atomic E-state index is -4.49. The standard InChI is InChI=1S/C19H18F3N3O/c1-4-13-7-5-6-11(2)16(13)24-18(26)17-12(3)23-15-9-8-14(10-25(15)17)19(20,21)22/h5-10H,4H2,1-3H3,(H,24,26). The molecule has 3 rings (SSSR count). The number of carbonyl (C=O) groups is 1. The summed E-state index contributed by atoms with van der Waals surface area (Å²) in [5.74, 6) is -0.488. The number of benzene rings is 1. The molecule has 1 N–H and O–H groups in total. The zero-order chi connectivity index (χ0) is 19.1. The summed E-state index contributed by atoms with van der Waals surface area (Å²) in [5, 5.41) is 2.84. The van der Waals surface area contributed by atoms with E-state index < -0.39 is 17.6 Å². The van der Waals surface area contributed by atoms with Crippen molar-refractivity contribution in [1.29, 1.82) is 0 Å². The third kappa shape index (κ3) is 3.16. The Kier molecular flexibility index (Phi) is 4.48. The average Bonchev–Trinajstić information content (AvgIpc) is 2.90. The van der Waals surface area contributed by atoms with Gasteiger partial charge in [0.2, 0.25) is 0 Å². The molecule has 0 atom stereocenters. The first kappa shape index (κ1) is 18.0. The number of imidazole rings is 1. The van der Waals surface area contributed by atoms with Crippen LogP contribution in [0.2, 0.25) is 0 Å². The van der Waals surface area contributed by atoms with Crippen molar-refractivity contribution in [2.24, 2.45) is 0 Å². The molecule has 0 radical (unpaired) electrons. The van der Waals surface area contributed by atoms with Gasteiger partial charge in [-0.1, -0.05) is 25.1 Å². The summed E-state index contributed by atoms with van der Waals surface area (Å²) >= 11 is 0. The van der Waals surface area contributed by atoms with Crippen LogP contribution in [0.3, 0.4) is 0 Å². The Morgan fingerprint density at radius 3 is 2.58 bits per heavy atom. The Morgan fingerprint density at radius 2 is 1.92 bits per heavy atom. The summed E-state index contributed by atoms with van der Waals surface area (Å²) in [4.78, 5) is 17.0. The van der Waals surface area contributed by atoms with Gasteiger partial charge in [-0.3, -0.25) is 9.20 Å². The van der Waals surface area contributed by atoms with Gasteiger partial charge < -0.3 is 5.32 Å². The fourth-order valence-corrected chi connectivity index (χ4v) is 2.98. The van der Waals surface area contributed by atoms with Crippen molar-refractivity contribution in [1.82, 2.24) is 9.38 Å². The van der Waals surface area contributed by atoms with E-state index in [-0.39, 0.29) is 5.69 Å². The molecule has 1 aromatic carbocycles. The molecule has 0 bridgehead atoms. The summed E-state index contributed by atoms with van der Waals surface area (Å²) < 4.78 is 40.3. The average molecular weight is 361 g/mol. The van der Waals surface area contributed by atoms with Gasteiger partial charge in [-0.15, -0.1) is 0 Å². The molecule has 2 aromatic heterocycles. The molecule has 3 aromatic rings. The Morgan fingerprint density at radius 1 is 1.19 bits per heavy atom. The normalized spacial score (nSPS) is 11.8. The van der Waals surface area contributed by atoms with Crippen molar-refractivity contribution in [3.05, 3.63) is 64.6 Å². The molecule has 26 heavy (non-hydrogen) atoms. The van der Waals surface area contributed by atoms with Crippen LogP contribution < -0.4 is 5.32 Å². The van der Waals surface area contributed by atoms with E-state index in [0.29, 0.717) is 17.0 Å². The molecule has 0 aliphatic carbocycles. The fourth-order valence-electron chi connectivity index (χ4n) is 2.98. The number of amides is 1. The SMILES string of the molecule is CCc1cccc(C)c1NC(=O)c1c(C)nc2ccc(C(F)(F)F)cn12. The topological polar surface area (TPSA) is 46.4 Å². The molecule has 0 unspecified atom stereocenters. The van der Waals surface area contributed by atoms with Crippen LogP contribution in [0.15, 0.2) is 36.5 Å². The Balaban J connectivity index is 2.08. The Labute approximate surface area is 148 Å². The largest absolute Gasteiger partial charge is 0.417 e. The maximum Gasteiger partial charge on any atom is 0.417 e. The zero-order valence-corrected chi connectivity index (χ0v) is 14.6. The summed E-state index contributed by atoms with van der Waals surface area (Å²) in [6.45, 7) is 5.45. The van der Waals surface area contributed by atoms with Crippen LogP contribution in [0.25, 0.3) is 5.65 Å². The number of alkyl halides is 3. The summed E-state index contributed by atoms with van der Waals surface area (Å²) in [6, 6.07) is 7.90. The quantitative estimate of drug-likeness (QED) is 0.729. The molecule has 0 saturated carbocycles. The van der Waals surface area contributed by atoms with Crippen LogP contribution in [0.5, 0.6) is 0 Å². The van der Waals surface area contributed by atoms with Crippen LogP contribution in [0.1, 0.15) is 39.8 Å². The molecule has 2 heterocycles. The smallest absolute Gasteiger partial charge is 0.320 e. The highest BCUT2D eigenvalue weighted by Crippen LogP contribution is 2.30. The number of pyridine rings is 1. The van der Waals surface area contributed by atoms with Crippen LogP contribution in [-0.2, 0) is 12.6 Å². The van der Waals surface area contributed by atoms with Crippen molar-refractivity contribution < 1.29 is 18.0 Å². The number of halogens is 3. The molecule has 7 heteroatoms. The van der Waals surface area contributed by atoms with Crippen molar-refractivity contribution in [2.75, 3.05) is 5.32 Å². The molecule has 0 aliphatic rings. The van der Waals surface area contributed by atoms with E-state index in [2.05, 4.69) is 10.3 Å². The summed E-state index contributed by atoms with van der Waals surface area (Å²) in [6.07, 6.45) is -2.87. The van der Waals surface area contributed by atoms with Gasteiger partial charge in [0.1, 0.15) is 11.3 Å². The lowest BCUT2D eigenvalue weighted by molar-refractivity contribution is -0.137. The van der Waals surface area contributed by atoms with Gasteiger partial charge in [0.25, 0.3) is 5.91 Å². The van der Waals surface area contributed by atoms with E-state index in [4.69, 9.17) is 0 Å². The number of rotatable bonds is 3.